The van der Waals surface area contributed by atoms with E-state index in [-0.39, 0.29) is 5.91 Å². The highest BCUT2D eigenvalue weighted by Crippen LogP contribution is 2.21. The van der Waals surface area contributed by atoms with Crippen LogP contribution in [0.2, 0.25) is 0 Å². The van der Waals surface area contributed by atoms with E-state index in [0.29, 0.717) is 18.5 Å². The minimum Gasteiger partial charge on any atom is -0.346 e. The van der Waals surface area contributed by atoms with Crippen LogP contribution in [0.4, 0.5) is 0 Å². The van der Waals surface area contributed by atoms with Gasteiger partial charge in [-0.3, -0.25) is 9.78 Å². The van der Waals surface area contributed by atoms with Crippen molar-refractivity contribution < 1.29 is 4.79 Å². The Hall–Kier alpha value is -2.95. The fourth-order valence-corrected chi connectivity index (χ4v) is 3.07. The summed E-state index contributed by atoms with van der Waals surface area (Å²) < 4.78 is 1.90. The number of carbonyl (C=O) groups excluding carboxylic acids is 1. The van der Waals surface area contributed by atoms with E-state index in [9.17, 15) is 4.79 Å². The number of hydrogen-bond acceptors (Lipinski definition) is 3. The van der Waals surface area contributed by atoms with Crippen LogP contribution in [-0.2, 0) is 19.4 Å². The Morgan fingerprint density at radius 2 is 1.96 bits per heavy atom. The van der Waals surface area contributed by atoms with Crippen molar-refractivity contribution in [3.63, 3.8) is 0 Å². The number of aryl methyl sites for hydroxylation is 2. The lowest BCUT2D eigenvalue weighted by Gasteiger charge is -2.09. The normalized spacial score (nSPS) is 10.7. The number of benzene rings is 1. The standard InChI is InChI=1S/C21H24N4O/c1-4-18-20(21(26)23-14-16-10-6-7-12-22-16)19(5-2)25(24-18)17-11-8-9-15(3)13-17/h6-13H,4-5,14H2,1-3H3,(H,23,26). The van der Waals surface area contributed by atoms with Gasteiger partial charge in [0.2, 0.25) is 0 Å². The maximum atomic E-state index is 12.9. The summed E-state index contributed by atoms with van der Waals surface area (Å²) in [5, 5.41) is 7.71. The minimum atomic E-state index is -0.0942. The molecule has 0 saturated heterocycles. The summed E-state index contributed by atoms with van der Waals surface area (Å²) in [6, 6.07) is 13.9. The zero-order chi connectivity index (χ0) is 18.5. The van der Waals surface area contributed by atoms with Crippen LogP contribution in [0, 0.1) is 6.92 Å². The smallest absolute Gasteiger partial charge is 0.255 e. The number of hydrogen-bond donors (Lipinski definition) is 1. The summed E-state index contributed by atoms with van der Waals surface area (Å²) in [4.78, 5) is 17.2. The molecule has 1 aromatic carbocycles. The number of carbonyl (C=O) groups is 1. The maximum absolute atomic E-state index is 12.9. The highest BCUT2D eigenvalue weighted by Gasteiger charge is 2.22. The lowest BCUT2D eigenvalue weighted by molar-refractivity contribution is 0.0948. The molecule has 134 valence electrons. The van der Waals surface area contributed by atoms with Crippen molar-refractivity contribution in [2.45, 2.75) is 40.2 Å². The Balaban J connectivity index is 1.94. The molecule has 3 aromatic rings. The second-order valence-corrected chi connectivity index (χ2v) is 6.23. The zero-order valence-corrected chi connectivity index (χ0v) is 15.5. The van der Waals surface area contributed by atoms with Crippen LogP contribution in [-0.4, -0.2) is 20.7 Å². The van der Waals surface area contributed by atoms with Gasteiger partial charge in [-0.1, -0.05) is 32.0 Å². The van der Waals surface area contributed by atoms with E-state index in [2.05, 4.69) is 36.3 Å². The highest BCUT2D eigenvalue weighted by molar-refractivity contribution is 5.96. The summed E-state index contributed by atoms with van der Waals surface area (Å²) >= 11 is 0. The van der Waals surface area contributed by atoms with Crippen LogP contribution < -0.4 is 5.32 Å². The molecule has 0 atom stereocenters. The fourth-order valence-electron chi connectivity index (χ4n) is 3.07. The van der Waals surface area contributed by atoms with Gasteiger partial charge in [-0.25, -0.2) is 4.68 Å². The van der Waals surface area contributed by atoms with Gasteiger partial charge in [-0.05, 0) is 49.6 Å². The molecule has 0 spiro atoms. The van der Waals surface area contributed by atoms with E-state index >= 15 is 0 Å². The second kappa shape index (κ2) is 7.95. The third-order valence-electron chi connectivity index (χ3n) is 4.35. The van der Waals surface area contributed by atoms with Crippen molar-refractivity contribution in [1.82, 2.24) is 20.1 Å². The van der Waals surface area contributed by atoms with E-state index in [1.165, 1.54) is 5.56 Å². The van der Waals surface area contributed by atoms with E-state index in [1.807, 2.05) is 41.9 Å². The topological polar surface area (TPSA) is 59.8 Å². The Morgan fingerprint density at radius 1 is 1.12 bits per heavy atom. The first-order valence-corrected chi connectivity index (χ1v) is 9.00. The summed E-state index contributed by atoms with van der Waals surface area (Å²) in [5.74, 6) is -0.0942. The first kappa shape index (κ1) is 17.9. The molecule has 2 aromatic heterocycles. The van der Waals surface area contributed by atoms with Gasteiger partial charge in [-0.15, -0.1) is 0 Å². The highest BCUT2D eigenvalue weighted by atomic mass is 16.1. The molecule has 0 aliphatic heterocycles. The molecule has 0 radical (unpaired) electrons. The molecule has 0 fully saturated rings. The van der Waals surface area contributed by atoms with E-state index in [1.54, 1.807) is 6.20 Å². The monoisotopic (exact) mass is 348 g/mol. The summed E-state index contributed by atoms with van der Waals surface area (Å²) in [6.07, 6.45) is 3.16. The average molecular weight is 348 g/mol. The summed E-state index contributed by atoms with van der Waals surface area (Å²) in [6.45, 7) is 6.54. The molecule has 0 saturated carbocycles. The van der Waals surface area contributed by atoms with Crippen LogP contribution in [0.25, 0.3) is 5.69 Å². The van der Waals surface area contributed by atoms with Gasteiger partial charge in [0.15, 0.2) is 0 Å². The van der Waals surface area contributed by atoms with Gasteiger partial charge in [-0.2, -0.15) is 5.10 Å². The molecule has 26 heavy (non-hydrogen) atoms. The van der Waals surface area contributed by atoms with Crippen molar-refractivity contribution in [2.75, 3.05) is 0 Å². The summed E-state index contributed by atoms with van der Waals surface area (Å²) in [7, 11) is 0. The summed E-state index contributed by atoms with van der Waals surface area (Å²) in [5.41, 5.74) is 5.43. The SMILES string of the molecule is CCc1nn(-c2cccc(C)c2)c(CC)c1C(=O)NCc1ccccn1. The van der Waals surface area contributed by atoms with Crippen LogP contribution in [0.3, 0.4) is 0 Å². The lowest BCUT2D eigenvalue weighted by Crippen LogP contribution is -2.25. The quantitative estimate of drug-likeness (QED) is 0.740. The van der Waals surface area contributed by atoms with Crippen molar-refractivity contribution in [2.24, 2.45) is 0 Å². The molecular weight excluding hydrogens is 324 g/mol. The van der Waals surface area contributed by atoms with E-state index < -0.39 is 0 Å². The first-order valence-electron chi connectivity index (χ1n) is 9.00. The largest absolute Gasteiger partial charge is 0.346 e. The average Bonchev–Trinajstić information content (AvgIpc) is 3.05. The lowest BCUT2D eigenvalue weighted by atomic mass is 10.1. The van der Waals surface area contributed by atoms with E-state index in [0.717, 1.165) is 29.2 Å². The molecule has 5 nitrogen and oxygen atoms in total. The van der Waals surface area contributed by atoms with Crippen molar-refractivity contribution >= 4 is 5.91 Å². The van der Waals surface area contributed by atoms with Crippen LogP contribution in [0.1, 0.15) is 46.9 Å². The second-order valence-electron chi connectivity index (χ2n) is 6.23. The molecule has 0 bridgehead atoms. The molecule has 0 unspecified atom stereocenters. The van der Waals surface area contributed by atoms with Gasteiger partial charge < -0.3 is 5.32 Å². The molecular formula is C21H24N4O. The van der Waals surface area contributed by atoms with Gasteiger partial charge in [0.05, 0.1) is 34.9 Å². The number of nitrogens with zero attached hydrogens (tertiary/aromatic N) is 3. The van der Waals surface area contributed by atoms with Gasteiger partial charge in [0, 0.05) is 6.20 Å². The number of nitrogens with one attached hydrogen (secondary N) is 1. The molecule has 5 heteroatoms. The predicted octanol–water partition coefficient (Wildman–Crippen LogP) is 3.63. The van der Waals surface area contributed by atoms with Crippen molar-refractivity contribution in [3.8, 4) is 5.69 Å². The molecule has 1 N–H and O–H groups in total. The molecule has 0 aliphatic rings. The van der Waals surface area contributed by atoms with Crippen LogP contribution in [0.5, 0.6) is 0 Å². The van der Waals surface area contributed by atoms with E-state index in [4.69, 9.17) is 5.10 Å². The molecule has 3 rings (SSSR count). The number of aromatic nitrogens is 3. The zero-order valence-electron chi connectivity index (χ0n) is 15.5. The molecule has 1 amide bonds. The van der Waals surface area contributed by atoms with Gasteiger partial charge >= 0.3 is 0 Å². The Labute approximate surface area is 154 Å². The Bertz CT molecular complexity index is 900. The number of pyridine rings is 1. The van der Waals surface area contributed by atoms with Crippen LogP contribution >= 0.6 is 0 Å². The number of amides is 1. The van der Waals surface area contributed by atoms with Crippen molar-refractivity contribution in [1.29, 1.82) is 0 Å². The van der Waals surface area contributed by atoms with Gasteiger partial charge in [0.1, 0.15) is 0 Å². The maximum Gasteiger partial charge on any atom is 0.255 e. The van der Waals surface area contributed by atoms with Crippen LogP contribution in [0.15, 0.2) is 48.7 Å². The molecule has 0 aliphatic carbocycles. The van der Waals surface area contributed by atoms with Crippen molar-refractivity contribution in [3.05, 3.63) is 76.9 Å². The fraction of sp³-hybridized carbons (Fsp3) is 0.286. The predicted molar refractivity (Wildman–Crippen MR) is 102 cm³/mol. The Kier molecular flexibility index (Phi) is 5.46. The third kappa shape index (κ3) is 3.67. The Morgan fingerprint density at radius 3 is 2.62 bits per heavy atom. The number of rotatable bonds is 6. The third-order valence-corrected chi connectivity index (χ3v) is 4.35. The first-order chi connectivity index (χ1) is 12.6. The molecule has 2 heterocycles. The van der Waals surface area contributed by atoms with Gasteiger partial charge in [0.25, 0.3) is 5.91 Å². The minimum absolute atomic E-state index is 0.0942.